The van der Waals surface area contributed by atoms with E-state index in [-0.39, 0.29) is 5.56 Å². The van der Waals surface area contributed by atoms with Crippen molar-refractivity contribution in [1.82, 2.24) is 19.6 Å². The number of halogens is 2. The number of nitrogens with one attached hydrogen (secondary N) is 2. The van der Waals surface area contributed by atoms with Gasteiger partial charge in [0.05, 0.1) is 29.9 Å². The van der Waals surface area contributed by atoms with Crippen LogP contribution in [-0.4, -0.2) is 38.6 Å². The molecule has 0 spiro atoms. The Morgan fingerprint density at radius 1 is 0.944 bits per heavy atom. The predicted octanol–water partition coefficient (Wildman–Crippen LogP) is 5.00. The zero-order chi connectivity index (χ0) is 25.4. The fourth-order valence-corrected chi connectivity index (χ4v) is 4.28. The SMILES string of the molecule is COc1cc2ncc3nnc(-c4ccc(NC(=O)Nc5cc(Cl)cc(Cl)c5)cc4)n3c2cc1C(N)=O. The topological polar surface area (TPSA) is 137 Å². The molecule has 2 aromatic heterocycles. The maximum atomic E-state index is 12.4. The summed E-state index contributed by atoms with van der Waals surface area (Å²) in [7, 11) is 1.45. The molecule has 0 saturated heterocycles. The van der Waals surface area contributed by atoms with E-state index in [1.807, 2.05) is 0 Å². The largest absolute Gasteiger partial charge is 0.496 e. The number of urea groups is 1. The van der Waals surface area contributed by atoms with Crippen LogP contribution in [0.1, 0.15) is 10.4 Å². The summed E-state index contributed by atoms with van der Waals surface area (Å²) >= 11 is 11.9. The summed E-state index contributed by atoms with van der Waals surface area (Å²) in [5.41, 5.74) is 9.12. The molecule has 0 fully saturated rings. The molecule has 5 aromatic rings. The standard InChI is InChI=1S/C24H17Cl2N7O3/c1-36-20-10-18-19(9-17(20)22(27)34)33-21(11-28-18)31-32-23(33)12-2-4-15(5-3-12)29-24(35)30-16-7-13(25)6-14(26)8-16/h2-11H,1H3,(H2,27,34)(H2,29,30,35). The molecular weight excluding hydrogens is 505 g/mol. The van der Waals surface area contributed by atoms with E-state index >= 15 is 0 Å². The molecule has 0 aliphatic heterocycles. The first kappa shape index (κ1) is 23.3. The summed E-state index contributed by atoms with van der Waals surface area (Å²) in [5, 5.41) is 14.7. The molecular formula is C24H17Cl2N7O3. The molecule has 0 atom stereocenters. The first-order chi connectivity index (χ1) is 17.3. The molecule has 3 amide bonds. The Kier molecular flexibility index (Phi) is 6.05. The maximum absolute atomic E-state index is 12.4. The molecule has 0 aliphatic carbocycles. The van der Waals surface area contributed by atoms with Gasteiger partial charge in [0, 0.05) is 33.0 Å². The smallest absolute Gasteiger partial charge is 0.323 e. The predicted molar refractivity (Wildman–Crippen MR) is 138 cm³/mol. The van der Waals surface area contributed by atoms with E-state index in [9.17, 15) is 9.59 Å². The van der Waals surface area contributed by atoms with Gasteiger partial charge in [0.15, 0.2) is 11.5 Å². The van der Waals surface area contributed by atoms with Crippen LogP contribution in [0.2, 0.25) is 10.0 Å². The molecule has 0 bridgehead atoms. The highest BCUT2D eigenvalue weighted by molar-refractivity contribution is 6.35. The Hall–Kier alpha value is -4.41. The lowest BCUT2D eigenvalue weighted by molar-refractivity contribution is 0.0997. The number of ether oxygens (including phenoxy) is 1. The Morgan fingerprint density at radius 3 is 2.31 bits per heavy atom. The number of fused-ring (bicyclic) bond motifs is 3. The van der Waals surface area contributed by atoms with Crippen LogP contribution in [0.25, 0.3) is 28.1 Å². The second-order valence-corrected chi connectivity index (χ2v) is 8.57. The van der Waals surface area contributed by atoms with Gasteiger partial charge in [0.2, 0.25) is 0 Å². The monoisotopic (exact) mass is 521 g/mol. The second-order valence-electron chi connectivity index (χ2n) is 7.70. The van der Waals surface area contributed by atoms with Crippen LogP contribution in [0.15, 0.2) is 60.8 Å². The van der Waals surface area contributed by atoms with Crippen LogP contribution in [-0.2, 0) is 0 Å². The minimum atomic E-state index is -0.630. The van der Waals surface area contributed by atoms with Crippen molar-refractivity contribution in [3.63, 3.8) is 0 Å². The summed E-state index contributed by atoms with van der Waals surface area (Å²) in [4.78, 5) is 28.7. The number of primary amides is 1. The summed E-state index contributed by atoms with van der Waals surface area (Å²) in [5.74, 6) is 0.210. The van der Waals surface area contributed by atoms with E-state index in [4.69, 9.17) is 33.7 Å². The molecule has 0 aliphatic rings. The quantitative estimate of drug-likeness (QED) is 0.297. The van der Waals surface area contributed by atoms with Gasteiger partial charge in [-0.2, -0.15) is 0 Å². The van der Waals surface area contributed by atoms with Crippen LogP contribution in [0.4, 0.5) is 16.2 Å². The number of rotatable bonds is 5. The Morgan fingerprint density at radius 2 is 1.64 bits per heavy atom. The van der Waals surface area contributed by atoms with Crippen LogP contribution in [0.3, 0.4) is 0 Å². The minimum Gasteiger partial charge on any atom is -0.496 e. The molecule has 3 aromatic carbocycles. The molecule has 12 heteroatoms. The molecule has 0 unspecified atom stereocenters. The van der Waals surface area contributed by atoms with Crippen molar-refractivity contribution >= 4 is 63.2 Å². The van der Waals surface area contributed by atoms with Crippen molar-refractivity contribution in [3.8, 4) is 17.1 Å². The molecule has 180 valence electrons. The molecule has 5 rings (SSSR count). The van der Waals surface area contributed by atoms with Gasteiger partial charge >= 0.3 is 6.03 Å². The number of hydrogen-bond donors (Lipinski definition) is 3. The van der Waals surface area contributed by atoms with Crippen molar-refractivity contribution in [2.45, 2.75) is 0 Å². The van der Waals surface area contributed by atoms with E-state index in [2.05, 4.69) is 25.8 Å². The van der Waals surface area contributed by atoms with Crippen LogP contribution >= 0.6 is 23.2 Å². The lowest BCUT2D eigenvalue weighted by atomic mass is 10.1. The van der Waals surface area contributed by atoms with Crippen molar-refractivity contribution in [2.75, 3.05) is 17.7 Å². The zero-order valence-electron chi connectivity index (χ0n) is 18.6. The number of nitrogens with two attached hydrogens (primary N) is 1. The number of methoxy groups -OCH3 is 1. The molecule has 0 saturated carbocycles. The fraction of sp³-hybridized carbons (Fsp3) is 0.0417. The lowest BCUT2D eigenvalue weighted by Gasteiger charge is -2.10. The third-order valence-electron chi connectivity index (χ3n) is 5.33. The first-order valence-corrected chi connectivity index (χ1v) is 11.2. The highest BCUT2D eigenvalue weighted by Gasteiger charge is 2.17. The van der Waals surface area contributed by atoms with Gasteiger partial charge in [-0.3, -0.25) is 14.2 Å². The number of amides is 3. The van der Waals surface area contributed by atoms with Crippen molar-refractivity contribution in [2.24, 2.45) is 5.73 Å². The third kappa shape index (κ3) is 4.47. The minimum absolute atomic E-state index is 0.213. The van der Waals surface area contributed by atoms with Crippen LogP contribution < -0.4 is 21.1 Å². The van der Waals surface area contributed by atoms with Gasteiger partial charge in [-0.15, -0.1) is 10.2 Å². The van der Waals surface area contributed by atoms with E-state index in [1.165, 1.54) is 7.11 Å². The third-order valence-corrected chi connectivity index (χ3v) is 5.77. The molecule has 10 nitrogen and oxygen atoms in total. The van der Waals surface area contributed by atoms with Gasteiger partial charge in [0.1, 0.15) is 5.75 Å². The number of hydrogen-bond acceptors (Lipinski definition) is 6. The zero-order valence-corrected chi connectivity index (χ0v) is 20.1. The number of nitrogens with zero attached hydrogens (tertiary/aromatic N) is 4. The van der Waals surface area contributed by atoms with Crippen LogP contribution in [0.5, 0.6) is 5.75 Å². The van der Waals surface area contributed by atoms with Gasteiger partial charge in [-0.1, -0.05) is 23.2 Å². The summed E-state index contributed by atoms with van der Waals surface area (Å²) < 4.78 is 7.05. The van der Waals surface area contributed by atoms with E-state index in [0.717, 1.165) is 5.56 Å². The fourth-order valence-electron chi connectivity index (χ4n) is 3.76. The number of carbonyl (C=O) groups excluding carboxylic acids is 2. The van der Waals surface area contributed by atoms with Crippen molar-refractivity contribution in [1.29, 1.82) is 0 Å². The number of anilines is 2. The van der Waals surface area contributed by atoms with Crippen LogP contribution in [0, 0.1) is 0 Å². The van der Waals surface area contributed by atoms with E-state index < -0.39 is 11.9 Å². The average Bonchev–Trinajstić information content (AvgIpc) is 3.27. The highest BCUT2D eigenvalue weighted by atomic mass is 35.5. The number of benzene rings is 3. The van der Waals surface area contributed by atoms with Crippen molar-refractivity contribution in [3.05, 3.63) is 76.4 Å². The summed E-state index contributed by atoms with van der Waals surface area (Å²) in [6.45, 7) is 0. The van der Waals surface area contributed by atoms with Gasteiger partial charge in [-0.25, -0.2) is 4.79 Å². The Balaban J connectivity index is 1.45. The normalized spacial score (nSPS) is 11.0. The summed E-state index contributed by atoms with van der Waals surface area (Å²) in [6.07, 6.45) is 1.57. The molecule has 2 heterocycles. The molecule has 36 heavy (non-hydrogen) atoms. The first-order valence-electron chi connectivity index (χ1n) is 10.5. The summed E-state index contributed by atoms with van der Waals surface area (Å²) in [6, 6.07) is 14.5. The second kappa shape index (κ2) is 9.33. The van der Waals surface area contributed by atoms with Gasteiger partial charge in [-0.05, 0) is 48.5 Å². The molecule has 0 radical (unpaired) electrons. The highest BCUT2D eigenvalue weighted by Crippen LogP contribution is 2.29. The lowest BCUT2D eigenvalue weighted by Crippen LogP contribution is -2.19. The van der Waals surface area contributed by atoms with Gasteiger partial charge in [0.25, 0.3) is 5.91 Å². The van der Waals surface area contributed by atoms with Crippen molar-refractivity contribution < 1.29 is 14.3 Å². The number of carbonyl (C=O) groups is 2. The van der Waals surface area contributed by atoms with Gasteiger partial charge < -0.3 is 21.1 Å². The molecule has 4 N–H and O–H groups in total. The maximum Gasteiger partial charge on any atom is 0.323 e. The Labute approximate surface area is 214 Å². The Bertz CT molecular complexity index is 1630. The van der Waals surface area contributed by atoms with E-state index in [0.29, 0.717) is 49.7 Å². The van der Waals surface area contributed by atoms with E-state index in [1.54, 1.807) is 65.2 Å². The average molecular weight is 522 g/mol. The number of aromatic nitrogens is 4.